The summed E-state index contributed by atoms with van der Waals surface area (Å²) in [6, 6.07) is 10.5. The first-order valence-electron chi connectivity index (χ1n) is 6.16. The van der Waals surface area contributed by atoms with Crippen LogP contribution in [-0.4, -0.2) is 0 Å². The minimum absolute atomic E-state index is 0.659. The molecule has 0 heteroatoms. The molecule has 2 rings (SSSR count). The van der Waals surface area contributed by atoms with Crippen molar-refractivity contribution in [3.05, 3.63) is 35.9 Å². The van der Waals surface area contributed by atoms with Gasteiger partial charge in [-0.1, -0.05) is 58.0 Å². The van der Waals surface area contributed by atoms with Crippen molar-refractivity contribution in [2.75, 3.05) is 0 Å². The van der Waals surface area contributed by atoms with Crippen molar-refractivity contribution >= 4 is 0 Å². The highest BCUT2D eigenvalue weighted by Crippen LogP contribution is 2.35. The Labute approximate surface area is 94.7 Å². The SMILES string of the molecule is CC(C)C1CC1.CC(C)c1ccccc1. The summed E-state index contributed by atoms with van der Waals surface area (Å²) in [5.74, 6) is 2.72. The van der Waals surface area contributed by atoms with E-state index in [9.17, 15) is 0 Å². The molecule has 0 N–H and O–H groups in total. The fourth-order valence-corrected chi connectivity index (χ4v) is 1.60. The fourth-order valence-electron chi connectivity index (χ4n) is 1.60. The molecular formula is C15H24. The molecule has 0 nitrogen and oxygen atoms in total. The molecule has 1 aromatic carbocycles. The number of rotatable bonds is 2. The van der Waals surface area contributed by atoms with Gasteiger partial charge in [-0.2, -0.15) is 0 Å². The Morgan fingerprint density at radius 3 is 1.67 bits per heavy atom. The highest BCUT2D eigenvalue weighted by Gasteiger charge is 2.23. The monoisotopic (exact) mass is 204 g/mol. The van der Waals surface area contributed by atoms with E-state index < -0.39 is 0 Å². The summed E-state index contributed by atoms with van der Waals surface area (Å²) in [4.78, 5) is 0. The zero-order chi connectivity index (χ0) is 11.3. The van der Waals surface area contributed by atoms with Gasteiger partial charge in [-0.3, -0.25) is 0 Å². The van der Waals surface area contributed by atoms with Crippen molar-refractivity contribution < 1.29 is 0 Å². The van der Waals surface area contributed by atoms with Crippen molar-refractivity contribution in [3.8, 4) is 0 Å². The standard InChI is InChI=1S/C9H12.C6H12/c1-8(2)9-6-4-3-5-7-9;1-5(2)6-3-4-6/h3-8H,1-2H3;5-6H,3-4H2,1-2H3. The Morgan fingerprint density at radius 2 is 1.47 bits per heavy atom. The molecule has 1 saturated carbocycles. The number of hydrogen-bond donors (Lipinski definition) is 0. The molecule has 15 heavy (non-hydrogen) atoms. The highest BCUT2D eigenvalue weighted by atomic mass is 14.3. The topological polar surface area (TPSA) is 0 Å². The van der Waals surface area contributed by atoms with Crippen LogP contribution in [0.15, 0.2) is 30.3 Å². The van der Waals surface area contributed by atoms with Gasteiger partial charge in [-0.05, 0) is 36.2 Å². The maximum atomic E-state index is 2.30. The molecule has 0 saturated heterocycles. The van der Waals surface area contributed by atoms with Crippen LogP contribution in [-0.2, 0) is 0 Å². The van der Waals surface area contributed by atoms with Gasteiger partial charge < -0.3 is 0 Å². The molecule has 1 aliphatic rings. The van der Waals surface area contributed by atoms with Crippen molar-refractivity contribution in [1.82, 2.24) is 0 Å². The molecule has 0 spiro atoms. The van der Waals surface area contributed by atoms with Crippen molar-refractivity contribution in [3.63, 3.8) is 0 Å². The Morgan fingerprint density at radius 1 is 0.933 bits per heavy atom. The predicted molar refractivity (Wildman–Crippen MR) is 68.1 cm³/mol. The lowest BCUT2D eigenvalue weighted by Gasteiger charge is -2.01. The first kappa shape index (κ1) is 12.3. The Hall–Kier alpha value is -0.780. The lowest BCUT2D eigenvalue weighted by atomic mass is 10.0. The normalized spacial score (nSPS) is 15.1. The third kappa shape index (κ3) is 5.01. The van der Waals surface area contributed by atoms with Crippen LogP contribution in [0.2, 0.25) is 0 Å². The second-order valence-electron chi connectivity index (χ2n) is 5.15. The van der Waals surface area contributed by atoms with Crippen LogP contribution >= 0.6 is 0 Å². The number of hydrogen-bond acceptors (Lipinski definition) is 0. The van der Waals surface area contributed by atoms with Gasteiger partial charge in [0.2, 0.25) is 0 Å². The average Bonchev–Trinajstić information content (AvgIpc) is 3.03. The summed E-state index contributed by atoms with van der Waals surface area (Å²) < 4.78 is 0. The Bertz CT molecular complexity index is 255. The van der Waals surface area contributed by atoms with Gasteiger partial charge >= 0.3 is 0 Å². The van der Waals surface area contributed by atoms with Crippen LogP contribution in [0.3, 0.4) is 0 Å². The van der Waals surface area contributed by atoms with Gasteiger partial charge in [-0.25, -0.2) is 0 Å². The van der Waals surface area contributed by atoms with Crippen LogP contribution in [0.5, 0.6) is 0 Å². The van der Waals surface area contributed by atoms with Gasteiger partial charge in [0, 0.05) is 0 Å². The van der Waals surface area contributed by atoms with E-state index in [-0.39, 0.29) is 0 Å². The average molecular weight is 204 g/mol. The summed E-state index contributed by atoms with van der Waals surface area (Å²) in [5.41, 5.74) is 1.41. The summed E-state index contributed by atoms with van der Waals surface area (Å²) >= 11 is 0. The molecule has 84 valence electrons. The lowest BCUT2D eigenvalue weighted by Crippen LogP contribution is -1.85. The summed E-state index contributed by atoms with van der Waals surface area (Å²) in [5, 5.41) is 0. The van der Waals surface area contributed by atoms with E-state index in [0.717, 1.165) is 11.8 Å². The van der Waals surface area contributed by atoms with Gasteiger partial charge in [0.15, 0.2) is 0 Å². The van der Waals surface area contributed by atoms with E-state index in [4.69, 9.17) is 0 Å². The second kappa shape index (κ2) is 5.95. The van der Waals surface area contributed by atoms with E-state index in [0.29, 0.717) is 5.92 Å². The molecule has 0 atom stereocenters. The second-order valence-corrected chi connectivity index (χ2v) is 5.15. The molecule has 0 radical (unpaired) electrons. The van der Waals surface area contributed by atoms with Crippen LogP contribution in [0.25, 0.3) is 0 Å². The molecule has 0 unspecified atom stereocenters. The van der Waals surface area contributed by atoms with E-state index in [2.05, 4.69) is 52.0 Å². The predicted octanol–water partition coefficient (Wildman–Crippen LogP) is 4.86. The van der Waals surface area contributed by atoms with Crippen LogP contribution in [0.1, 0.15) is 52.0 Å². The quantitative estimate of drug-likeness (QED) is 0.645. The minimum atomic E-state index is 0.659. The highest BCUT2D eigenvalue weighted by molar-refractivity contribution is 5.17. The molecule has 0 aromatic heterocycles. The van der Waals surface area contributed by atoms with Crippen molar-refractivity contribution in [2.45, 2.75) is 46.5 Å². The third-order valence-electron chi connectivity index (χ3n) is 3.03. The summed E-state index contributed by atoms with van der Waals surface area (Å²) in [6.45, 7) is 9.01. The first-order valence-corrected chi connectivity index (χ1v) is 6.16. The van der Waals surface area contributed by atoms with Crippen LogP contribution in [0.4, 0.5) is 0 Å². The molecule has 0 amide bonds. The summed E-state index contributed by atoms with van der Waals surface area (Å²) in [7, 11) is 0. The zero-order valence-corrected chi connectivity index (χ0v) is 10.5. The van der Waals surface area contributed by atoms with E-state index in [1.807, 2.05) is 6.07 Å². The molecule has 0 heterocycles. The first-order chi connectivity index (χ1) is 7.11. The maximum absolute atomic E-state index is 2.30. The minimum Gasteiger partial charge on any atom is -0.0625 e. The lowest BCUT2D eigenvalue weighted by molar-refractivity contribution is 0.563. The molecule has 1 fully saturated rings. The van der Waals surface area contributed by atoms with Gasteiger partial charge in [-0.15, -0.1) is 0 Å². The van der Waals surface area contributed by atoms with E-state index in [1.54, 1.807) is 0 Å². The molecule has 1 aliphatic carbocycles. The molecule has 1 aromatic rings. The smallest absolute Gasteiger partial charge is 0.0219 e. The molecular weight excluding hydrogens is 180 g/mol. The zero-order valence-electron chi connectivity index (χ0n) is 10.5. The van der Waals surface area contributed by atoms with Crippen LogP contribution in [0, 0.1) is 11.8 Å². The van der Waals surface area contributed by atoms with Gasteiger partial charge in [0.25, 0.3) is 0 Å². The Balaban J connectivity index is 0.000000162. The fraction of sp³-hybridized carbons (Fsp3) is 0.600. The maximum Gasteiger partial charge on any atom is -0.0219 e. The van der Waals surface area contributed by atoms with Crippen LogP contribution < -0.4 is 0 Å². The largest absolute Gasteiger partial charge is 0.0625 e. The third-order valence-corrected chi connectivity index (χ3v) is 3.03. The molecule has 0 bridgehead atoms. The summed E-state index contributed by atoms with van der Waals surface area (Å²) in [6.07, 6.45) is 3.00. The van der Waals surface area contributed by atoms with Crippen molar-refractivity contribution in [2.24, 2.45) is 11.8 Å². The van der Waals surface area contributed by atoms with Gasteiger partial charge in [0.1, 0.15) is 0 Å². The van der Waals surface area contributed by atoms with E-state index >= 15 is 0 Å². The van der Waals surface area contributed by atoms with Crippen molar-refractivity contribution in [1.29, 1.82) is 0 Å². The molecule has 0 aliphatic heterocycles. The van der Waals surface area contributed by atoms with E-state index in [1.165, 1.54) is 18.4 Å². The number of benzene rings is 1. The van der Waals surface area contributed by atoms with Gasteiger partial charge in [0.05, 0.1) is 0 Å². The Kier molecular flexibility index (Phi) is 4.87.